The van der Waals surface area contributed by atoms with Gasteiger partial charge in [-0.15, -0.1) is 0 Å². The van der Waals surface area contributed by atoms with Gasteiger partial charge in [-0.2, -0.15) is 5.10 Å². The molecule has 0 aliphatic carbocycles. The average molecular weight is 225 g/mol. The molecule has 0 aliphatic heterocycles. The summed E-state index contributed by atoms with van der Waals surface area (Å²) in [5.74, 6) is 0. The highest BCUT2D eigenvalue weighted by Gasteiger charge is 1.77. The average Bonchev–Trinajstić information content (AvgIpc) is 2.98. The zero-order valence-electron chi connectivity index (χ0n) is 11.1. The van der Waals surface area contributed by atoms with Gasteiger partial charge in [-0.05, 0) is 19.9 Å². The first-order valence-electron chi connectivity index (χ1n) is 5.61. The molecule has 0 fully saturated rings. The van der Waals surface area contributed by atoms with Gasteiger partial charge in [-0.25, -0.2) is 0 Å². The van der Waals surface area contributed by atoms with E-state index in [-0.39, 0.29) is 0 Å². The molecule has 0 aromatic carbocycles. The molecule has 0 bridgehead atoms. The first kappa shape index (κ1) is 16.8. The third-order valence-corrected chi connectivity index (χ3v) is 1.20. The molecule has 0 atom stereocenters. The van der Waals surface area contributed by atoms with E-state index in [0.717, 1.165) is 11.3 Å². The molecule has 0 saturated carbocycles. The van der Waals surface area contributed by atoms with Crippen LogP contribution in [0.3, 0.4) is 0 Å². The highest BCUT2D eigenvalue weighted by molar-refractivity contribution is 4.94. The van der Waals surface area contributed by atoms with Gasteiger partial charge in [0, 0.05) is 17.5 Å². The van der Waals surface area contributed by atoms with Gasteiger partial charge in [0.1, 0.15) is 6.26 Å². The summed E-state index contributed by atoms with van der Waals surface area (Å²) in [6.07, 6.45) is 5.00. The molecule has 2 aromatic rings. The zero-order chi connectivity index (χ0) is 12.8. The Balaban J connectivity index is 0. The summed E-state index contributed by atoms with van der Waals surface area (Å²) in [6, 6.07) is 1.92. The lowest BCUT2D eigenvalue weighted by Crippen LogP contribution is -1.65. The topological polar surface area (TPSA) is 54.7 Å². The first-order chi connectivity index (χ1) is 7.79. The van der Waals surface area contributed by atoms with Crippen molar-refractivity contribution >= 4 is 0 Å². The van der Waals surface area contributed by atoms with E-state index in [1.54, 1.807) is 18.7 Å². The number of hydrogen-bond donors (Lipinski definition) is 1. The third kappa shape index (κ3) is 10.5. The van der Waals surface area contributed by atoms with Crippen molar-refractivity contribution in [1.82, 2.24) is 15.4 Å². The van der Waals surface area contributed by atoms with Crippen LogP contribution in [0.2, 0.25) is 0 Å². The van der Waals surface area contributed by atoms with Crippen molar-refractivity contribution in [3.8, 4) is 0 Å². The van der Waals surface area contributed by atoms with Crippen LogP contribution in [-0.4, -0.2) is 15.4 Å². The third-order valence-electron chi connectivity index (χ3n) is 1.20. The van der Waals surface area contributed by atoms with Crippen LogP contribution in [0.4, 0.5) is 0 Å². The Hall–Kier alpha value is -1.58. The predicted molar refractivity (Wildman–Crippen MR) is 67.3 cm³/mol. The molecule has 16 heavy (non-hydrogen) atoms. The number of hydrogen-bond acceptors (Lipinski definition) is 3. The van der Waals surface area contributed by atoms with Gasteiger partial charge in [0.15, 0.2) is 0 Å². The molecule has 0 aliphatic rings. The maximum atomic E-state index is 4.46. The van der Waals surface area contributed by atoms with Crippen molar-refractivity contribution in [2.75, 3.05) is 0 Å². The monoisotopic (exact) mass is 225 g/mol. The maximum Gasteiger partial charge on any atom is 0.126 e. The summed E-state index contributed by atoms with van der Waals surface area (Å²) in [5.41, 5.74) is 2.17. The van der Waals surface area contributed by atoms with E-state index in [2.05, 4.69) is 19.9 Å². The Morgan fingerprint density at radius 3 is 1.88 bits per heavy atom. The summed E-state index contributed by atoms with van der Waals surface area (Å²) in [7, 11) is 0. The number of rotatable bonds is 0. The van der Waals surface area contributed by atoms with E-state index in [4.69, 9.17) is 0 Å². The summed E-state index contributed by atoms with van der Waals surface area (Å²) >= 11 is 0. The number of aromatic amines is 1. The fourth-order valence-corrected chi connectivity index (χ4v) is 0.583. The summed E-state index contributed by atoms with van der Waals surface area (Å²) < 4.78 is 4.46. The molecule has 0 radical (unpaired) electrons. The second-order valence-corrected chi connectivity index (χ2v) is 2.44. The van der Waals surface area contributed by atoms with Crippen LogP contribution in [0.15, 0.2) is 29.2 Å². The SMILES string of the molecule is CC.CC.Cc1ccn[nH]1.Cc1cnoc1. The summed E-state index contributed by atoms with van der Waals surface area (Å²) in [5, 5.41) is 9.89. The Morgan fingerprint density at radius 2 is 1.75 bits per heavy atom. The number of nitrogens with one attached hydrogen (secondary N) is 1. The van der Waals surface area contributed by atoms with Crippen molar-refractivity contribution in [3.05, 3.63) is 36.0 Å². The second-order valence-electron chi connectivity index (χ2n) is 2.44. The van der Waals surface area contributed by atoms with Crippen LogP contribution in [0, 0.1) is 13.8 Å². The highest BCUT2D eigenvalue weighted by Crippen LogP contribution is 1.88. The smallest absolute Gasteiger partial charge is 0.126 e. The standard InChI is InChI=1S/C4H6N2.C4H5NO.2C2H6/c1-4-2-3-5-6-4;1-4-2-5-6-3-4;2*1-2/h2-3H,1H3,(H,5,6);2-3H,1H3;2*1-2H3. The number of aryl methyl sites for hydroxylation is 2. The molecular formula is C12H23N3O. The molecule has 2 heterocycles. The van der Waals surface area contributed by atoms with E-state index in [9.17, 15) is 0 Å². The minimum atomic E-state index is 1.06. The van der Waals surface area contributed by atoms with Crippen molar-refractivity contribution < 1.29 is 4.52 Å². The van der Waals surface area contributed by atoms with Gasteiger partial charge >= 0.3 is 0 Å². The summed E-state index contributed by atoms with van der Waals surface area (Å²) in [4.78, 5) is 0. The van der Waals surface area contributed by atoms with Crippen LogP contribution in [0.25, 0.3) is 0 Å². The van der Waals surface area contributed by atoms with Gasteiger partial charge < -0.3 is 4.52 Å². The van der Waals surface area contributed by atoms with E-state index >= 15 is 0 Å². The van der Waals surface area contributed by atoms with Crippen molar-refractivity contribution in [1.29, 1.82) is 0 Å². The predicted octanol–water partition coefficient (Wildman–Crippen LogP) is 3.75. The maximum absolute atomic E-state index is 4.46. The lowest BCUT2D eigenvalue weighted by Gasteiger charge is -1.68. The fraction of sp³-hybridized carbons (Fsp3) is 0.500. The van der Waals surface area contributed by atoms with Crippen LogP contribution >= 0.6 is 0 Å². The zero-order valence-corrected chi connectivity index (χ0v) is 11.1. The molecule has 1 N–H and O–H groups in total. The van der Waals surface area contributed by atoms with Crippen LogP contribution in [0.1, 0.15) is 39.0 Å². The largest absolute Gasteiger partial charge is 0.365 e. The molecule has 92 valence electrons. The molecule has 0 unspecified atom stereocenters. The summed E-state index contributed by atoms with van der Waals surface area (Å²) in [6.45, 7) is 11.9. The normalized spacial score (nSPS) is 7.38. The van der Waals surface area contributed by atoms with E-state index < -0.39 is 0 Å². The van der Waals surface area contributed by atoms with Crippen molar-refractivity contribution in [2.45, 2.75) is 41.5 Å². The molecule has 4 heteroatoms. The molecule has 0 amide bonds. The van der Waals surface area contributed by atoms with Gasteiger partial charge in [0.05, 0.1) is 6.20 Å². The first-order valence-corrected chi connectivity index (χ1v) is 5.61. The van der Waals surface area contributed by atoms with E-state index in [0.29, 0.717) is 0 Å². The van der Waals surface area contributed by atoms with Gasteiger partial charge in [-0.1, -0.05) is 32.9 Å². The Labute approximate surface area is 98.1 Å². The van der Waals surface area contributed by atoms with Crippen LogP contribution in [-0.2, 0) is 0 Å². The second kappa shape index (κ2) is 13.4. The fourth-order valence-electron chi connectivity index (χ4n) is 0.583. The lowest BCUT2D eigenvalue weighted by atomic mass is 10.4. The Kier molecular flexibility index (Phi) is 14.1. The lowest BCUT2D eigenvalue weighted by molar-refractivity contribution is 0.419. The van der Waals surface area contributed by atoms with E-state index in [1.165, 1.54) is 0 Å². The number of nitrogens with zero attached hydrogens (tertiary/aromatic N) is 2. The Bertz CT molecular complexity index is 256. The van der Waals surface area contributed by atoms with Crippen LogP contribution < -0.4 is 0 Å². The Morgan fingerprint density at radius 1 is 1.12 bits per heavy atom. The van der Waals surface area contributed by atoms with Gasteiger partial charge in [0.25, 0.3) is 0 Å². The quantitative estimate of drug-likeness (QED) is 0.742. The number of H-pyrrole nitrogens is 1. The molecule has 0 saturated heterocycles. The van der Waals surface area contributed by atoms with Gasteiger partial charge in [0.2, 0.25) is 0 Å². The van der Waals surface area contributed by atoms with Crippen molar-refractivity contribution in [3.63, 3.8) is 0 Å². The molecule has 2 rings (SSSR count). The molecule has 4 nitrogen and oxygen atoms in total. The minimum Gasteiger partial charge on any atom is -0.365 e. The van der Waals surface area contributed by atoms with Gasteiger partial charge in [-0.3, -0.25) is 5.10 Å². The van der Waals surface area contributed by atoms with E-state index in [1.807, 2.05) is 47.6 Å². The molecular weight excluding hydrogens is 202 g/mol. The van der Waals surface area contributed by atoms with Crippen LogP contribution in [0.5, 0.6) is 0 Å². The highest BCUT2D eigenvalue weighted by atomic mass is 16.5. The molecule has 2 aromatic heterocycles. The number of aromatic nitrogens is 3. The van der Waals surface area contributed by atoms with Crippen molar-refractivity contribution in [2.24, 2.45) is 0 Å². The molecule has 0 spiro atoms. The minimum absolute atomic E-state index is 1.06.